The molecule has 1 aromatic carbocycles. The average molecular weight is 265 g/mol. The largest absolute Gasteiger partial charge is 0.330 e. The van der Waals surface area contributed by atoms with Gasteiger partial charge in [0.2, 0.25) is 0 Å². The average Bonchev–Trinajstić information content (AvgIpc) is 2.37. The Morgan fingerprint density at radius 2 is 1.74 bits per heavy atom. The second-order valence-electron chi connectivity index (χ2n) is 6.52. The second-order valence-corrected chi connectivity index (χ2v) is 6.52. The lowest BCUT2D eigenvalue weighted by Gasteiger charge is -2.58. The molecule has 2 N–H and O–H groups in total. The van der Waals surface area contributed by atoms with Crippen molar-refractivity contribution in [3.63, 3.8) is 0 Å². The van der Waals surface area contributed by atoms with Crippen LogP contribution in [0.3, 0.4) is 0 Å². The maximum absolute atomic E-state index is 14.0. The summed E-state index contributed by atoms with van der Waals surface area (Å²) >= 11 is 0. The van der Waals surface area contributed by atoms with Gasteiger partial charge in [0.1, 0.15) is 11.6 Å². The molecule has 0 aliphatic heterocycles. The summed E-state index contributed by atoms with van der Waals surface area (Å²) in [6, 6.07) is 3.92. The van der Waals surface area contributed by atoms with E-state index in [0.717, 1.165) is 18.9 Å². The molecule has 0 saturated heterocycles. The lowest BCUT2D eigenvalue weighted by molar-refractivity contribution is -0.0101. The summed E-state index contributed by atoms with van der Waals surface area (Å²) in [4.78, 5) is 0. The fourth-order valence-corrected chi connectivity index (χ4v) is 4.40. The zero-order valence-corrected chi connectivity index (χ0v) is 11.2. The maximum Gasteiger partial charge on any atom is 0.129 e. The van der Waals surface area contributed by atoms with Crippen molar-refractivity contribution in [2.75, 3.05) is 6.54 Å². The van der Waals surface area contributed by atoms with Crippen LogP contribution in [-0.4, -0.2) is 6.54 Å². The Morgan fingerprint density at radius 3 is 2.32 bits per heavy atom. The molecule has 3 heteroatoms. The van der Waals surface area contributed by atoms with Gasteiger partial charge >= 0.3 is 0 Å². The van der Waals surface area contributed by atoms with Gasteiger partial charge in [0, 0.05) is 18.0 Å². The highest BCUT2D eigenvalue weighted by Gasteiger charge is 2.55. The number of hydrogen-bond donors (Lipinski definition) is 1. The predicted octanol–water partition coefficient (Wildman–Crippen LogP) is 3.91. The van der Waals surface area contributed by atoms with Crippen molar-refractivity contribution in [2.45, 2.75) is 50.4 Å². The molecule has 2 saturated carbocycles. The molecule has 2 fully saturated rings. The molecule has 0 heterocycles. The summed E-state index contributed by atoms with van der Waals surface area (Å²) in [5.74, 6) is -0.948. The molecule has 0 radical (unpaired) electrons. The first kappa shape index (κ1) is 13.0. The van der Waals surface area contributed by atoms with Crippen molar-refractivity contribution in [3.05, 3.63) is 35.4 Å². The molecule has 104 valence electrons. The Kier molecular flexibility index (Phi) is 3.12. The number of benzene rings is 1. The van der Waals surface area contributed by atoms with Crippen LogP contribution in [0.25, 0.3) is 0 Å². The second kappa shape index (κ2) is 4.55. The van der Waals surface area contributed by atoms with Crippen LogP contribution in [0.4, 0.5) is 8.78 Å². The molecule has 0 unspecified atom stereocenters. The van der Waals surface area contributed by atoms with E-state index in [1.54, 1.807) is 6.07 Å². The topological polar surface area (TPSA) is 26.0 Å². The van der Waals surface area contributed by atoms with Gasteiger partial charge < -0.3 is 5.73 Å². The minimum absolute atomic E-state index is 0.255. The van der Waals surface area contributed by atoms with Gasteiger partial charge in [-0.2, -0.15) is 0 Å². The summed E-state index contributed by atoms with van der Waals surface area (Å²) in [6.07, 6.45) is 8.33. The van der Waals surface area contributed by atoms with Gasteiger partial charge in [0.05, 0.1) is 0 Å². The molecule has 2 aliphatic rings. The molecule has 1 nitrogen and oxygen atoms in total. The quantitative estimate of drug-likeness (QED) is 0.862. The summed E-state index contributed by atoms with van der Waals surface area (Å²) in [6.45, 7) is 0.456. The SMILES string of the molecule is NCC1(c2ccc(F)cc2F)CC2(CCCCC2)C1. The Hall–Kier alpha value is -0.960. The monoisotopic (exact) mass is 265 g/mol. The normalized spacial score (nSPS) is 24.2. The lowest BCUT2D eigenvalue weighted by atomic mass is 9.46. The lowest BCUT2D eigenvalue weighted by Crippen LogP contribution is -2.54. The van der Waals surface area contributed by atoms with Gasteiger partial charge in [-0.1, -0.05) is 25.3 Å². The molecular formula is C16H21F2N. The van der Waals surface area contributed by atoms with Crippen molar-refractivity contribution in [1.82, 2.24) is 0 Å². The molecule has 1 aromatic rings. The molecular weight excluding hydrogens is 244 g/mol. The van der Waals surface area contributed by atoms with E-state index in [0.29, 0.717) is 17.5 Å². The van der Waals surface area contributed by atoms with E-state index in [2.05, 4.69) is 0 Å². The molecule has 0 aromatic heterocycles. The van der Waals surface area contributed by atoms with Crippen LogP contribution in [0.5, 0.6) is 0 Å². The minimum atomic E-state index is -0.514. The summed E-state index contributed by atoms with van der Waals surface area (Å²) in [5.41, 5.74) is 6.69. The highest BCUT2D eigenvalue weighted by Crippen LogP contribution is 2.61. The molecule has 0 atom stereocenters. The smallest absolute Gasteiger partial charge is 0.129 e. The van der Waals surface area contributed by atoms with E-state index in [4.69, 9.17) is 5.73 Å². The maximum atomic E-state index is 14.0. The van der Waals surface area contributed by atoms with E-state index >= 15 is 0 Å². The zero-order chi connectivity index (χ0) is 13.5. The van der Waals surface area contributed by atoms with E-state index in [-0.39, 0.29) is 5.41 Å². The van der Waals surface area contributed by atoms with Crippen molar-refractivity contribution < 1.29 is 8.78 Å². The first-order chi connectivity index (χ1) is 9.09. The van der Waals surface area contributed by atoms with E-state index in [1.807, 2.05) is 0 Å². The number of rotatable bonds is 2. The van der Waals surface area contributed by atoms with Crippen molar-refractivity contribution in [2.24, 2.45) is 11.1 Å². The first-order valence-corrected chi connectivity index (χ1v) is 7.25. The van der Waals surface area contributed by atoms with E-state index in [9.17, 15) is 8.78 Å². The third-order valence-electron chi connectivity index (χ3n) is 5.23. The van der Waals surface area contributed by atoms with Crippen LogP contribution >= 0.6 is 0 Å². The van der Waals surface area contributed by atoms with Crippen LogP contribution in [0.2, 0.25) is 0 Å². The van der Waals surface area contributed by atoms with Crippen LogP contribution in [-0.2, 0) is 5.41 Å². The number of nitrogens with two attached hydrogens (primary N) is 1. The number of hydrogen-bond acceptors (Lipinski definition) is 1. The predicted molar refractivity (Wildman–Crippen MR) is 71.8 cm³/mol. The van der Waals surface area contributed by atoms with Gasteiger partial charge in [-0.3, -0.25) is 0 Å². The fourth-order valence-electron chi connectivity index (χ4n) is 4.40. The van der Waals surface area contributed by atoms with Crippen LogP contribution in [0.15, 0.2) is 18.2 Å². The van der Waals surface area contributed by atoms with E-state index in [1.165, 1.54) is 38.2 Å². The standard InChI is InChI=1S/C16H21F2N/c17-12-4-5-13(14(18)8-12)16(11-19)9-15(10-16)6-2-1-3-7-15/h4-5,8H,1-3,6-7,9-11,19H2. The third kappa shape index (κ3) is 2.08. The van der Waals surface area contributed by atoms with Crippen molar-refractivity contribution >= 4 is 0 Å². The Labute approximate surface area is 113 Å². The molecule has 1 spiro atoms. The van der Waals surface area contributed by atoms with E-state index < -0.39 is 11.6 Å². The van der Waals surface area contributed by atoms with Gasteiger partial charge in [0.15, 0.2) is 0 Å². The molecule has 0 bridgehead atoms. The van der Waals surface area contributed by atoms with Crippen LogP contribution in [0.1, 0.15) is 50.5 Å². The zero-order valence-electron chi connectivity index (χ0n) is 11.2. The Balaban J connectivity index is 1.86. The highest BCUT2D eigenvalue weighted by molar-refractivity contribution is 5.33. The fraction of sp³-hybridized carbons (Fsp3) is 0.625. The highest BCUT2D eigenvalue weighted by atomic mass is 19.1. The molecule has 2 aliphatic carbocycles. The van der Waals surface area contributed by atoms with Gasteiger partial charge in [0.25, 0.3) is 0 Å². The Morgan fingerprint density at radius 1 is 1.05 bits per heavy atom. The molecule has 3 rings (SSSR count). The summed E-state index contributed by atoms with van der Waals surface area (Å²) in [5, 5.41) is 0. The van der Waals surface area contributed by atoms with Crippen molar-refractivity contribution in [3.8, 4) is 0 Å². The third-order valence-corrected chi connectivity index (χ3v) is 5.23. The first-order valence-electron chi connectivity index (χ1n) is 7.25. The van der Waals surface area contributed by atoms with Crippen molar-refractivity contribution in [1.29, 1.82) is 0 Å². The van der Waals surface area contributed by atoms with Crippen LogP contribution < -0.4 is 5.73 Å². The summed E-state index contributed by atoms with van der Waals surface area (Å²) in [7, 11) is 0. The summed E-state index contributed by atoms with van der Waals surface area (Å²) < 4.78 is 27.1. The van der Waals surface area contributed by atoms with Gasteiger partial charge in [-0.25, -0.2) is 8.78 Å². The Bertz CT molecular complexity index is 470. The van der Waals surface area contributed by atoms with Gasteiger partial charge in [-0.15, -0.1) is 0 Å². The molecule has 0 amide bonds. The number of halogens is 2. The molecule has 19 heavy (non-hydrogen) atoms. The van der Waals surface area contributed by atoms with Crippen LogP contribution in [0, 0.1) is 17.0 Å². The van der Waals surface area contributed by atoms with Gasteiger partial charge in [-0.05, 0) is 42.7 Å². The minimum Gasteiger partial charge on any atom is -0.330 e.